The van der Waals surface area contributed by atoms with E-state index in [1.165, 1.54) is 0 Å². The first-order chi connectivity index (χ1) is 15.6. The van der Waals surface area contributed by atoms with E-state index in [1.54, 1.807) is 26.5 Å². The predicted octanol–water partition coefficient (Wildman–Crippen LogP) is 6.18. The van der Waals surface area contributed by atoms with Gasteiger partial charge in [0, 0.05) is 17.8 Å². The molecule has 33 heavy (non-hydrogen) atoms. The Bertz CT molecular complexity index is 1030. The normalized spacial score (nSPS) is 10.7. The van der Waals surface area contributed by atoms with Gasteiger partial charge in [0.15, 0.2) is 23.0 Å². The molecule has 7 heteroatoms. The zero-order valence-corrected chi connectivity index (χ0v) is 20.8. The van der Waals surface area contributed by atoms with Crippen LogP contribution in [0.25, 0.3) is 10.8 Å². The maximum Gasteiger partial charge on any atom is 0.203 e. The van der Waals surface area contributed by atoms with Crippen LogP contribution < -0.4 is 18.9 Å². The molecule has 3 rings (SSSR count). The van der Waals surface area contributed by atoms with Gasteiger partial charge < -0.3 is 24.1 Å². The second-order valence-corrected chi connectivity index (χ2v) is 7.74. The summed E-state index contributed by atoms with van der Waals surface area (Å²) in [5.41, 5.74) is 1.98. The highest BCUT2D eigenvalue weighted by atomic mass is 35.5. The highest BCUT2D eigenvalue weighted by molar-refractivity contribution is 5.92. The van der Waals surface area contributed by atoms with E-state index in [0.717, 1.165) is 29.4 Å². The number of fused-ring (bicyclic) bond motifs is 1. The zero-order chi connectivity index (χ0) is 23.1. The lowest BCUT2D eigenvalue weighted by molar-refractivity contribution is 0.220. The van der Waals surface area contributed by atoms with Gasteiger partial charge in [-0.25, -0.2) is 0 Å². The number of nitrogens with zero attached hydrogens (tertiary/aromatic N) is 1. The Morgan fingerprint density at radius 1 is 0.879 bits per heavy atom. The number of hydrogen-bond donors (Lipinski definition) is 1. The molecule has 6 nitrogen and oxygen atoms in total. The van der Waals surface area contributed by atoms with E-state index in [1.807, 2.05) is 31.3 Å². The number of ether oxygens (including phenoxy) is 4. The summed E-state index contributed by atoms with van der Waals surface area (Å²) >= 11 is 0. The van der Waals surface area contributed by atoms with Crippen molar-refractivity contribution in [1.29, 1.82) is 0 Å². The van der Waals surface area contributed by atoms with Crippen molar-refractivity contribution in [3.05, 3.63) is 47.8 Å². The van der Waals surface area contributed by atoms with Crippen LogP contribution in [0.1, 0.15) is 44.7 Å². The van der Waals surface area contributed by atoms with E-state index in [4.69, 9.17) is 18.9 Å². The van der Waals surface area contributed by atoms with E-state index < -0.39 is 0 Å². The lowest BCUT2D eigenvalue weighted by atomic mass is 9.99. The molecular formula is C26H34ClNO5. The van der Waals surface area contributed by atoms with Crippen LogP contribution in [0.3, 0.4) is 0 Å². The van der Waals surface area contributed by atoms with Crippen LogP contribution >= 0.6 is 12.4 Å². The van der Waals surface area contributed by atoms with Gasteiger partial charge in [0.2, 0.25) is 5.75 Å². The largest absolute Gasteiger partial charge is 0.504 e. The fourth-order valence-corrected chi connectivity index (χ4v) is 3.81. The van der Waals surface area contributed by atoms with E-state index in [9.17, 15) is 5.11 Å². The van der Waals surface area contributed by atoms with E-state index >= 15 is 0 Å². The molecule has 0 saturated heterocycles. The van der Waals surface area contributed by atoms with Crippen molar-refractivity contribution in [2.45, 2.75) is 40.0 Å². The van der Waals surface area contributed by atoms with Crippen LogP contribution in [0, 0.1) is 5.92 Å². The van der Waals surface area contributed by atoms with Crippen LogP contribution in [0.5, 0.6) is 28.7 Å². The standard InChI is InChI=1S/C26H33NO5.ClH/c1-6-17(7-2)16-32-26-23(29-4)12-18(13-24(26)30-5)11-19-14-27-15-21-20(19)9-10-22(25(21)28)31-8-3;/h9-10,12-15,17,28H,6-8,11,16H2,1-5H3;1H. The minimum atomic E-state index is 0. The number of halogens is 1. The number of benzene rings is 2. The van der Waals surface area contributed by atoms with Crippen molar-refractivity contribution in [3.8, 4) is 28.7 Å². The molecule has 0 spiro atoms. The molecule has 3 aromatic rings. The average Bonchev–Trinajstić information content (AvgIpc) is 2.82. The Morgan fingerprint density at radius 3 is 2.12 bits per heavy atom. The molecule has 1 heterocycles. The maximum atomic E-state index is 10.6. The summed E-state index contributed by atoms with van der Waals surface area (Å²) in [6.45, 7) is 7.33. The zero-order valence-electron chi connectivity index (χ0n) is 20.0. The van der Waals surface area contributed by atoms with Gasteiger partial charge in [0.25, 0.3) is 0 Å². The summed E-state index contributed by atoms with van der Waals surface area (Å²) in [7, 11) is 3.27. The third-order valence-corrected chi connectivity index (χ3v) is 5.79. The fourth-order valence-electron chi connectivity index (χ4n) is 3.81. The Labute approximate surface area is 202 Å². The number of methoxy groups -OCH3 is 2. The SMILES string of the molecule is CCOc1ccc2c(Cc3cc(OC)c(OCC(CC)CC)c(OC)c3)cncc2c1O.Cl. The summed E-state index contributed by atoms with van der Waals surface area (Å²) in [6, 6.07) is 7.69. The van der Waals surface area contributed by atoms with E-state index in [0.29, 0.717) is 53.9 Å². The molecule has 2 aromatic carbocycles. The molecule has 0 fully saturated rings. The van der Waals surface area contributed by atoms with Crippen molar-refractivity contribution in [2.75, 3.05) is 27.4 Å². The smallest absolute Gasteiger partial charge is 0.203 e. The maximum absolute atomic E-state index is 10.6. The fraction of sp³-hybridized carbons (Fsp3) is 0.423. The molecule has 0 unspecified atom stereocenters. The lowest BCUT2D eigenvalue weighted by Crippen LogP contribution is -2.11. The van der Waals surface area contributed by atoms with Gasteiger partial charge in [-0.3, -0.25) is 4.98 Å². The van der Waals surface area contributed by atoms with Crippen LogP contribution in [-0.4, -0.2) is 37.5 Å². The number of rotatable bonds is 11. The number of pyridine rings is 1. The molecule has 180 valence electrons. The molecule has 1 aromatic heterocycles. The highest BCUT2D eigenvalue weighted by Crippen LogP contribution is 2.41. The van der Waals surface area contributed by atoms with E-state index in [-0.39, 0.29) is 18.2 Å². The quantitative estimate of drug-likeness (QED) is 0.357. The Hall–Kier alpha value is -2.86. The summed E-state index contributed by atoms with van der Waals surface area (Å²) in [4.78, 5) is 4.34. The molecule has 0 amide bonds. The van der Waals surface area contributed by atoms with Crippen molar-refractivity contribution in [2.24, 2.45) is 5.92 Å². The molecule has 0 saturated carbocycles. The predicted molar refractivity (Wildman–Crippen MR) is 134 cm³/mol. The molecule has 0 aliphatic carbocycles. The number of phenolic OH excluding ortho intramolecular Hbond substituents is 1. The van der Waals surface area contributed by atoms with Gasteiger partial charge in [-0.2, -0.15) is 0 Å². The monoisotopic (exact) mass is 475 g/mol. The summed E-state index contributed by atoms with van der Waals surface area (Å²) in [6.07, 6.45) is 6.19. The van der Waals surface area contributed by atoms with Gasteiger partial charge in [0.1, 0.15) is 0 Å². The van der Waals surface area contributed by atoms with Crippen molar-refractivity contribution >= 4 is 23.2 Å². The summed E-state index contributed by atoms with van der Waals surface area (Å²) in [5, 5.41) is 12.2. The van der Waals surface area contributed by atoms with Gasteiger partial charge in [-0.1, -0.05) is 32.8 Å². The van der Waals surface area contributed by atoms with Crippen molar-refractivity contribution in [1.82, 2.24) is 4.98 Å². The number of aromatic hydroxyl groups is 1. The third kappa shape index (κ3) is 5.93. The molecule has 0 aliphatic heterocycles. The Kier molecular flexibility index (Phi) is 9.92. The molecule has 0 atom stereocenters. The van der Waals surface area contributed by atoms with Crippen molar-refractivity contribution < 1.29 is 24.1 Å². The molecule has 0 bridgehead atoms. The lowest BCUT2D eigenvalue weighted by Gasteiger charge is -2.19. The first-order valence-corrected chi connectivity index (χ1v) is 11.1. The number of aromatic nitrogens is 1. The molecular weight excluding hydrogens is 442 g/mol. The third-order valence-electron chi connectivity index (χ3n) is 5.79. The van der Waals surface area contributed by atoms with Crippen LogP contribution in [0.2, 0.25) is 0 Å². The summed E-state index contributed by atoms with van der Waals surface area (Å²) < 4.78 is 22.9. The van der Waals surface area contributed by atoms with Crippen molar-refractivity contribution in [3.63, 3.8) is 0 Å². The van der Waals surface area contributed by atoms with Crippen LogP contribution in [0.15, 0.2) is 36.7 Å². The Balaban J connectivity index is 0.00000385. The molecule has 0 radical (unpaired) electrons. The van der Waals surface area contributed by atoms with Gasteiger partial charge >= 0.3 is 0 Å². The number of phenols is 1. The first-order valence-electron chi connectivity index (χ1n) is 11.1. The Morgan fingerprint density at radius 2 is 1.55 bits per heavy atom. The van der Waals surface area contributed by atoms with E-state index in [2.05, 4.69) is 18.8 Å². The second-order valence-electron chi connectivity index (χ2n) is 7.74. The van der Waals surface area contributed by atoms with Gasteiger partial charge in [-0.05, 0) is 54.0 Å². The number of hydrogen-bond acceptors (Lipinski definition) is 6. The van der Waals surface area contributed by atoms with Gasteiger partial charge in [-0.15, -0.1) is 12.4 Å². The summed E-state index contributed by atoms with van der Waals surface area (Å²) in [5.74, 6) is 2.96. The van der Waals surface area contributed by atoms with Crippen LogP contribution in [0.4, 0.5) is 0 Å². The highest BCUT2D eigenvalue weighted by Gasteiger charge is 2.17. The molecule has 1 N–H and O–H groups in total. The minimum absolute atomic E-state index is 0. The molecule has 0 aliphatic rings. The van der Waals surface area contributed by atoms with Gasteiger partial charge in [0.05, 0.1) is 27.4 Å². The van der Waals surface area contributed by atoms with Crippen LogP contribution in [-0.2, 0) is 6.42 Å². The topological polar surface area (TPSA) is 70.0 Å². The average molecular weight is 476 g/mol. The second kappa shape index (κ2) is 12.4. The first kappa shape index (κ1) is 26.4. The minimum Gasteiger partial charge on any atom is -0.504 e.